The molecule has 1 atom stereocenters. The van der Waals surface area contributed by atoms with Gasteiger partial charge in [0.2, 0.25) is 5.91 Å². The fourth-order valence-corrected chi connectivity index (χ4v) is 3.00. The van der Waals surface area contributed by atoms with Crippen molar-refractivity contribution in [2.24, 2.45) is 0 Å². The van der Waals surface area contributed by atoms with Gasteiger partial charge in [-0.1, -0.05) is 30.3 Å². The van der Waals surface area contributed by atoms with Gasteiger partial charge in [0.15, 0.2) is 11.5 Å². The highest BCUT2D eigenvalue weighted by Crippen LogP contribution is 2.30. The lowest BCUT2D eigenvalue weighted by atomic mass is 9.98. The molecule has 0 spiro atoms. The van der Waals surface area contributed by atoms with Crippen LogP contribution in [0.2, 0.25) is 0 Å². The van der Waals surface area contributed by atoms with E-state index in [9.17, 15) is 20.0 Å². The standard InChI is InChI=1S/C21H22N2O5/c1-27-18-9-5-8-15(21(18)28-2)11-19(24)23-17(12-20(25)26)10-14-6-3-4-7-16(14)13-22/h3-9,17H,10-12H2,1-2H3,(H,23,24)(H,25,26). The number of methoxy groups -OCH3 is 2. The number of benzene rings is 2. The minimum absolute atomic E-state index is 0.0103. The van der Waals surface area contributed by atoms with Crippen molar-refractivity contribution in [2.45, 2.75) is 25.3 Å². The Balaban J connectivity index is 2.15. The summed E-state index contributed by atoms with van der Waals surface area (Å²) < 4.78 is 10.6. The van der Waals surface area contributed by atoms with Gasteiger partial charge >= 0.3 is 5.97 Å². The summed E-state index contributed by atoms with van der Waals surface area (Å²) in [7, 11) is 3.00. The van der Waals surface area contributed by atoms with Crippen molar-refractivity contribution in [1.82, 2.24) is 5.32 Å². The quantitative estimate of drug-likeness (QED) is 0.689. The molecule has 7 nitrogen and oxygen atoms in total. The Bertz CT molecular complexity index is 889. The van der Waals surface area contributed by atoms with Gasteiger partial charge in [0.05, 0.1) is 38.7 Å². The van der Waals surface area contributed by atoms with Gasteiger partial charge in [0.1, 0.15) is 0 Å². The van der Waals surface area contributed by atoms with Gasteiger partial charge in [-0.3, -0.25) is 9.59 Å². The number of carbonyl (C=O) groups is 2. The second kappa shape index (κ2) is 9.97. The van der Waals surface area contributed by atoms with Crippen molar-refractivity contribution in [3.05, 3.63) is 59.2 Å². The molecule has 2 rings (SSSR count). The summed E-state index contributed by atoms with van der Waals surface area (Å²) in [4.78, 5) is 23.8. The second-order valence-corrected chi connectivity index (χ2v) is 6.16. The number of para-hydroxylation sites is 1. The third-order valence-corrected chi connectivity index (χ3v) is 4.23. The molecule has 146 valence electrons. The van der Waals surface area contributed by atoms with E-state index in [0.717, 1.165) is 0 Å². The van der Waals surface area contributed by atoms with Crippen LogP contribution in [-0.2, 0) is 22.4 Å². The molecule has 0 saturated carbocycles. The molecule has 1 unspecified atom stereocenters. The molecule has 0 aliphatic heterocycles. The molecule has 0 radical (unpaired) electrons. The van der Waals surface area contributed by atoms with Crippen molar-refractivity contribution in [1.29, 1.82) is 5.26 Å². The summed E-state index contributed by atoms with van der Waals surface area (Å²) in [5.74, 6) is -0.395. The lowest BCUT2D eigenvalue weighted by Crippen LogP contribution is -2.39. The van der Waals surface area contributed by atoms with Gasteiger partial charge < -0.3 is 19.9 Å². The van der Waals surface area contributed by atoms with Crippen molar-refractivity contribution in [3.63, 3.8) is 0 Å². The normalized spacial score (nSPS) is 11.2. The number of ether oxygens (including phenoxy) is 2. The van der Waals surface area contributed by atoms with E-state index < -0.39 is 12.0 Å². The Kier molecular flexibility index (Phi) is 7.40. The number of amides is 1. The molecule has 0 aliphatic rings. The van der Waals surface area contributed by atoms with Crippen molar-refractivity contribution in [2.75, 3.05) is 14.2 Å². The zero-order chi connectivity index (χ0) is 20.5. The van der Waals surface area contributed by atoms with E-state index >= 15 is 0 Å². The van der Waals surface area contributed by atoms with Crippen LogP contribution in [-0.4, -0.2) is 37.2 Å². The molecule has 0 bridgehead atoms. The topological polar surface area (TPSA) is 109 Å². The zero-order valence-electron chi connectivity index (χ0n) is 15.8. The molecule has 2 aromatic carbocycles. The SMILES string of the molecule is COc1cccc(CC(=O)NC(CC(=O)O)Cc2ccccc2C#N)c1OC. The van der Waals surface area contributed by atoms with Gasteiger partial charge in [0, 0.05) is 11.6 Å². The van der Waals surface area contributed by atoms with Gasteiger partial charge in [-0.15, -0.1) is 0 Å². The number of nitrogens with zero attached hydrogens (tertiary/aromatic N) is 1. The molecule has 0 fully saturated rings. The number of carboxylic acid groups (broad SMARTS) is 1. The monoisotopic (exact) mass is 382 g/mol. The second-order valence-electron chi connectivity index (χ2n) is 6.16. The van der Waals surface area contributed by atoms with Crippen LogP contribution in [0, 0.1) is 11.3 Å². The third-order valence-electron chi connectivity index (χ3n) is 4.23. The van der Waals surface area contributed by atoms with Crippen molar-refractivity contribution >= 4 is 11.9 Å². The number of aliphatic carboxylic acids is 1. The molecular formula is C21H22N2O5. The van der Waals surface area contributed by atoms with E-state index in [1.165, 1.54) is 14.2 Å². The summed E-state index contributed by atoms with van der Waals surface area (Å²) in [6, 6.07) is 13.6. The number of hydrogen-bond acceptors (Lipinski definition) is 5. The molecule has 0 aromatic heterocycles. The number of nitriles is 1. The van der Waals surface area contributed by atoms with E-state index in [2.05, 4.69) is 11.4 Å². The van der Waals surface area contributed by atoms with Gasteiger partial charge in [-0.05, 0) is 24.1 Å². The largest absolute Gasteiger partial charge is 0.493 e. The maximum atomic E-state index is 12.6. The maximum absolute atomic E-state index is 12.6. The van der Waals surface area contributed by atoms with Gasteiger partial charge in [-0.25, -0.2) is 0 Å². The van der Waals surface area contributed by atoms with Crippen molar-refractivity contribution in [3.8, 4) is 17.6 Å². The van der Waals surface area contributed by atoms with Crippen molar-refractivity contribution < 1.29 is 24.2 Å². The smallest absolute Gasteiger partial charge is 0.305 e. The highest BCUT2D eigenvalue weighted by atomic mass is 16.5. The minimum atomic E-state index is -1.03. The number of carbonyl (C=O) groups excluding carboxylic acids is 1. The first-order valence-electron chi connectivity index (χ1n) is 8.67. The Morgan fingerprint density at radius 1 is 1.11 bits per heavy atom. The fraction of sp³-hybridized carbons (Fsp3) is 0.286. The van der Waals surface area contributed by atoms with Crippen LogP contribution in [0.25, 0.3) is 0 Å². The van der Waals surface area contributed by atoms with Gasteiger partial charge in [0.25, 0.3) is 0 Å². The van der Waals surface area contributed by atoms with Crippen LogP contribution in [0.3, 0.4) is 0 Å². The number of nitrogens with one attached hydrogen (secondary N) is 1. The first kappa shape index (κ1) is 20.8. The molecule has 2 N–H and O–H groups in total. The van der Waals surface area contributed by atoms with E-state index in [4.69, 9.17) is 9.47 Å². The van der Waals surface area contributed by atoms with E-state index in [0.29, 0.717) is 28.2 Å². The van der Waals surface area contributed by atoms with E-state index in [-0.39, 0.29) is 25.2 Å². The molecular weight excluding hydrogens is 360 g/mol. The summed E-state index contributed by atoms with van der Waals surface area (Å²) in [6.07, 6.45) is 0.00809. The summed E-state index contributed by atoms with van der Waals surface area (Å²) >= 11 is 0. The maximum Gasteiger partial charge on any atom is 0.305 e. The highest BCUT2D eigenvalue weighted by molar-refractivity contribution is 5.81. The predicted molar refractivity (Wildman–Crippen MR) is 102 cm³/mol. The lowest BCUT2D eigenvalue weighted by molar-refractivity contribution is -0.137. The molecule has 0 saturated heterocycles. The molecule has 2 aromatic rings. The Labute approximate surface area is 163 Å². The number of carboxylic acids is 1. The molecule has 0 heterocycles. The van der Waals surface area contributed by atoms with Crippen LogP contribution >= 0.6 is 0 Å². The first-order valence-corrected chi connectivity index (χ1v) is 8.67. The number of hydrogen-bond donors (Lipinski definition) is 2. The molecule has 1 amide bonds. The van der Waals surface area contributed by atoms with E-state index in [1.807, 2.05) is 0 Å². The molecule has 7 heteroatoms. The summed E-state index contributed by atoms with van der Waals surface area (Å²) in [5, 5.41) is 21.2. The Hall–Kier alpha value is -3.53. The molecule has 0 aliphatic carbocycles. The Morgan fingerprint density at radius 2 is 1.82 bits per heavy atom. The molecule has 28 heavy (non-hydrogen) atoms. The van der Waals surface area contributed by atoms with Gasteiger partial charge in [-0.2, -0.15) is 5.26 Å². The lowest BCUT2D eigenvalue weighted by Gasteiger charge is -2.18. The summed E-state index contributed by atoms with van der Waals surface area (Å²) in [6.45, 7) is 0. The fourth-order valence-electron chi connectivity index (χ4n) is 3.00. The van der Waals surface area contributed by atoms with Crippen LogP contribution in [0.5, 0.6) is 11.5 Å². The third kappa shape index (κ3) is 5.48. The predicted octanol–water partition coefficient (Wildman–Crippen LogP) is 2.32. The van der Waals surface area contributed by atoms with E-state index in [1.54, 1.807) is 42.5 Å². The zero-order valence-corrected chi connectivity index (χ0v) is 15.8. The number of rotatable bonds is 9. The average Bonchev–Trinajstić information content (AvgIpc) is 2.67. The Morgan fingerprint density at radius 3 is 2.46 bits per heavy atom. The van der Waals surface area contributed by atoms with Crippen LogP contribution in [0.1, 0.15) is 23.1 Å². The highest BCUT2D eigenvalue weighted by Gasteiger charge is 2.20. The van der Waals surface area contributed by atoms with Crippen LogP contribution in [0.4, 0.5) is 0 Å². The first-order chi connectivity index (χ1) is 13.5. The average molecular weight is 382 g/mol. The minimum Gasteiger partial charge on any atom is -0.493 e. The van der Waals surface area contributed by atoms with Crippen LogP contribution < -0.4 is 14.8 Å². The summed E-state index contributed by atoms with van der Waals surface area (Å²) in [5.41, 5.74) is 1.78. The van der Waals surface area contributed by atoms with Crippen LogP contribution in [0.15, 0.2) is 42.5 Å².